The molecule has 3 aromatic rings. The fraction of sp³-hybridized carbons (Fsp3) is 0.346. The molecular weight excluding hydrogens is 507 g/mol. The van der Waals surface area contributed by atoms with Gasteiger partial charge in [-0.2, -0.15) is 13.2 Å². The number of anilines is 1. The molecule has 1 fully saturated rings. The molecule has 2 atom stereocenters. The topological polar surface area (TPSA) is 109 Å². The molecule has 1 aliphatic rings. The maximum absolute atomic E-state index is 13.7. The minimum Gasteiger partial charge on any atom is -0.481 e. The van der Waals surface area contributed by atoms with E-state index in [0.29, 0.717) is 18.4 Å². The van der Waals surface area contributed by atoms with E-state index >= 15 is 0 Å². The van der Waals surface area contributed by atoms with Crippen molar-refractivity contribution in [3.63, 3.8) is 0 Å². The zero-order valence-electron chi connectivity index (χ0n) is 20.0. The maximum atomic E-state index is 13.7. The van der Waals surface area contributed by atoms with Crippen LogP contribution in [0.5, 0.6) is 0 Å². The van der Waals surface area contributed by atoms with Crippen LogP contribution in [-0.2, 0) is 26.6 Å². The molecule has 1 saturated carbocycles. The van der Waals surface area contributed by atoms with E-state index in [0.717, 1.165) is 25.0 Å². The Morgan fingerprint density at radius 3 is 2.51 bits per heavy atom. The van der Waals surface area contributed by atoms with Gasteiger partial charge in [0.2, 0.25) is 9.84 Å². The summed E-state index contributed by atoms with van der Waals surface area (Å²) in [5.74, 6) is -1.67. The van der Waals surface area contributed by atoms with Crippen LogP contribution in [0.25, 0.3) is 11.3 Å². The van der Waals surface area contributed by atoms with E-state index in [1.807, 2.05) is 0 Å². The maximum Gasteiger partial charge on any atom is 0.418 e. The summed E-state index contributed by atoms with van der Waals surface area (Å²) in [6, 6.07) is 12.7. The number of hydrogen-bond acceptors (Lipinski definition) is 6. The number of carbonyl (C=O) groups is 1. The number of aromatic nitrogens is 2. The number of aliphatic carboxylic acids is 1. The molecule has 0 saturated heterocycles. The number of pyridine rings is 2. The van der Waals surface area contributed by atoms with E-state index in [2.05, 4.69) is 15.3 Å². The monoisotopic (exact) mass is 533 g/mol. The molecule has 0 radical (unpaired) electrons. The number of carboxylic acids is 1. The average molecular weight is 534 g/mol. The van der Waals surface area contributed by atoms with E-state index in [4.69, 9.17) is 0 Å². The van der Waals surface area contributed by atoms with Crippen LogP contribution < -0.4 is 5.32 Å². The molecule has 0 amide bonds. The van der Waals surface area contributed by atoms with Gasteiger partial charge < -0.3 is 10.4 Å². The van der Waals surface area contributed by atoms with Crippen LogP contribution in [0.2, 0.25) is 0 Å². The summed E-state index contributed by atoms with van der Waals surface area (Å²) < 4.78 is 67.4. The molecular formula is C26H26F3N3O4S. The normalized spacial score (nSPS) is 18.4. The lowest BCUT2D eigenvalue weighted by Gasteiger charge is -2.27. The van der Waals surface area contributed by atoms with Gasteiger partial charge in [-0.15, -0.1) is 0 Å². The van der Waals surface area contributed by atoms with Crippen LogP contribution in [-0.4, -0.2) is 35.5 Å². The molecule has 4 rings (SSSR count). The Morgan fingerprint density at radius 1 is 1.05 bits per heavy atom. The van der Waals surface area contributed by atoms with Gasteiger partial charge in [0.1, 0.15) is 5.82 Å². The van der Waals surface area contributed by atoms with Crippen molar-refractivity contribution in [2.75, 3.05) is 5.32 Å². The Kier molecular flexibility index (Phi) is 7.54. The SMILES string of the molecule is Cc1ccccc1-c1nc(CS(=O)(=O)c2cccc(N[C@@H]3CCC[C@H](C(=O)O)C3)n2)ccc1C(F)(F)F. The molecule has 2 N–H and O–H groups in total. The first-order valence-electron chi connectivity index (χ1n) is 11.8. The number of alkyl halides is 3. The minimum atomic E-state index is -4.66. The summed E-state index contributed by atoms with van der Waals surface area (Å²) in [6.45, 7) is 1.66. The van der Waals surface area contributed by atoms with Crippen molar-refractivity contribution in [3.05, 3.63) is 71.4 Å². The lowest BCUT2D eigenvalue weighted by molar-refractivity contribution is -0.143. The summed E-state index contributed by atoms with van der Waals surface area (Å²) in [7, 11) is -4.05. The van der Waals surface area contributed by atoms with Gasteiger partial charge in [0.05, 0.1) is 28.6 Å². The highest BCUT2D eigenvalue weighted by Crippen LogP contribution is 2.37. The lowest BCUT2D eigenvalue weighted by atomic mass is 9.86. The van der Waals surface area contributed by atoms with Gasteiger partial charge in [-0.1, -0.05) is 36.8 Å². The van der Waals surface area contributed by atoms with E-state index in [1.165, 1.54) is 18.2 Å². The molecule has 0 aliphatic heterocycles. The summed E-state index contributed by atoms with van der Waals surface area (Å²) in [5.41, 5.74) is -0.464. The molecule has 2 aromatic heterocycles. The molecule has 196 valence electrons. The molecule has 1 aromatic carbocycles. The Morgan fingerprint density at radius 2 is 1.81 bits per heavy atom. The summed E-state index contributed by atoms with van der Waals surface area (Å²) in [5, 5.41) is 12.2. The molecule has 7 nitrogen and oxygen atoms in total. The van der Waals surface area contributed by atoms with Crippen LogP contribution in [0.4, 0.5) is 19.0 Å². The molecule has 11 heteroatoms. The standard InChI is InChI=1S/C26H26F3N3O4S/c1-16-6-2-3-9-20(16)24-21(26(27,28)29)13-12-19(31-24)15-37(35,36)23-11-5-10-22(32-23)30-18-8-4-7-17(14-18)25(33)34/h2-3,5-6,9-13,17-18H,4,7-8,14-15H2,1H3,(H,30,32)(H,33,34)/t17-,18+/m0/s1. The van der Waals surface area contributed by atoms with E-state index in [-0.39, 0.29) is 33.8 Å². The van der Waals surface area contributed by atoms with Crippen molar-refractivity contribution < 1.29 is 31.5 Å². The highest BCUT2D eigenvalue weighted by molar-refractivity contribution is 7.90. The van der Waals surface area contributed by atoms with Crippen LogP contribution in [0.15, 0.2) is 59.6 Å². The third-order valence-electron chi connectivity index (χ3n) is 6.41. The van der Waals surface area contributed by atoms with Gasteiger partial charge in [0.15, 0.2) is 5.03 Å². The number of nitrogens with zero attached hydrogens (tertiary/aromatic N) is 2. The van der Waals surface area contributed by atoms with Crippen LogP contribution >= 0.6 is 0 Å². The van der Waals surface area contributed by atoms with E-state index in [1.54, 1.807) is 31.2 Å². The quantitative estimate of drug-likeness (QED) is 0.413. The number of benzene rings is 1. The molecule has 2 heterocycles. The highest BCUT2D eigenvalue weighted by atomic mass is 32.2. The van der Waals surface area contributed by atoms with Gasteiger partial charge in [-0.3, -0.25) is 9.78 Å². The Hall–Kier alpha value is -3.47. The Labute approximate surface area is 212 Å². The number of halogens is 3. The zero-order chi connectivity index (χ0) is 26.8. The molecule has 0 unspecified atom stereocenters. The minimum absolute atomic E-state index is 0.0389. The predicted molar refractivity (Wildman–Crippen MR) is 132 cm³/mol. The first-order chi connectivity index (χ1) is 17.4. The van der Waals surface area contributed by atoms with E-state index < -0.39 is 39.2 Å². The van der Waals surface area contributed by atoms with Crippen LogP contribution in [0, 0.1) is 12.8 Å². The van der Waals surface area contributed by atoms with Crippen molar-refractivity contribution in [1.29, 1.82) is 0 Å². The number of rotatable bonds is 7. The second-order valence-corrected chi connectivity index (χ2v) is 11.1. The van der Waals surface area contributed by atoms with Gasteiger partial charge in [0, 0.05) is 11.6 Å². The summed E-state index contributed by atoms with van der Waals surface area (Å²) >= 11 is 0. The van der Waals surface area contributed by atoms with Gasteiger partial charge in [-0.25, -0.2) is 13.4 Å². The predicted octanol–water partition coefficient (Wildman–Crippen LogP) is 5.50. The third-order valence-corrected chi connectivity index (χ3v) is 7.95. The van der Waals surface area contributed by atoms with Crippen molar-refractivity contribution in [3.8, 4) is 11.3 Å². The smallest absolute Gasteiger partial charge is 0.418 e. The molecule has 1 aliphatic carbocycles. The second-order valence-electron chi connectivity index (χ2n) is 9.17. The van der Waals surface area contributed by atoms with Gasteiger partial charge in [-0.05, 0) is 56.0 Å². The first-order valence-corrected chi connectivity index (χ1v) is 13.4. The largest absolute Gasteiger partial charge is 0.481 e. The van der Waals surface area contributed by atoms with Gasteiger partial charge >= 0.3 is 12.1 Å². The van der Waals surface area contributed by atoms with E-state index in [9.17, 15) is 31.5 Å². The fourth-order valence-electron chi connectivity index (χ4n) is 4.54. The van der Waals surface area contributed by atoms with Crippen molar-refractivity contribution in [2.24, 2.45) is 5.92 Å². The first kappa shape index (κ1) is 26.6. The zero-order valence-corrected chi connectivity index (χ0v) is 20.8. The number of nitrogens with one attached hydrogen (secondary N) is 1. The van der Waals surface area contributed by atoms with Gasteiger partial charge in [0.25, 0.3) is 0 Å². The number of sulfone groups is 1. The molecule has 37 heavy (non-hydrogen) atoms. The average Bonchev–Trinajstić information content (AvgIpc) is 2.84. The lowest BCUT2D eigenvalue weighted by Crippen LogP contribution is -2.31. The number of hydrogen-bond donors (Lipinski definition) is 2. The Balaban J connectivity index is 1.60. The van der Waals surface area contributed by atoms with Crippen LogP contribution in [0.1, 0.15) is 42.5 Å². The number of carboxylic acid groups (broad SMARTS) is 1. The molecule has 0 spiro atoms. The second kappa shape index (κ2) is 10.5. The molecule has 0 bridgehead atoms. The van der Waals surface area contributed by atoms with Crippen LogP contribution in [0.3, 0.4) is 0 Å². The number of aryl methyl sites for hydroxylation is 1. The summed E-state index contributed by atoms with van der Waals surface area (Å²) in [4.78, 5) is 19.7. The summed E-state index contributed by atoms with van der Waals surface area (Å²) in [6.07, 6.45) is -2.19. The Bertz CT molecular complexity index is 1410. The highest BCUT2D eigenvalue weighted by Gasteiger charge is 2.35. The third kappa shape index (κ3) is 6.27. The van der Waals surface area contributed by atoms with Crippen molar-refractivity contribution in [1.82, 2.24) is 9.97 Å². The van der Waals surface area contributed by atoms with Crippen molar-refractivity contribution >= 4 is 21.6 Å². The fourth-order valence-corrected chi connectivity index (χ4v) is 5.77. The van der Waals surface area contributed by atoms with Crippen molar-refractivity contribution in [2.45, 2.75) is 55.6 Å².